The highest BCUT2D eigenvalue weighted by molar-refractivity contribution is 5.92. The Morgan fingerprint density at radius 3 is 2.73 bits per heavy atom. The van der Waals surface area contributed by atoms with Crippen molar-refractivity contribution in [2.24, 2.45) is 0 Å². The number of hydrogen-bond acceptors (Lipinski definition) is 7. The number of ether oxygens (including phenoxy) is 2. The van der Waals surface area contributed by atoms with E-state index in [2.05, 4.69) is 25.5 Å². The van der Waals surface area contributed by atoms with Crippen LogP contribution in [0, 0.1) is 0 Å². The van der Waals surface area contributed by atoms with Crippen LogP contribution in [0.3, 0.4) is 0 Å². The minimum absolute atomic E-state index is 0.210. The molecule has 1 aliphatic rings. The van der Waals surface area contributed by atoms with E-state index in [9.17, 15) is 4.79 Å². The van der Waals surface area contributed by atoms with Gasteiger partial charge in [0.1, 0.15) is 11.4 Å². The van der Waals surface area contributed by atoms with E-state index in [4.69, 9.17) is 9.47 Å². The molecular weight excluding hydrogens is 334 g/mol. The second-order valence-corrected chi connectivity index (χ2v) is 5.83. The van der Waals surface area contributed by atoms with Gasteiger partial charge in [-0.05, 0) is 30.3 Å². The monoisotopic (exact) mass is 357 g/mol. The molecule has 0 atom stereocenters. The molecule has 3 rings (SSSR count). The van der Waals surface area contributed by atoms with Gasteiger partial charge in [-0.3, -0.25) is 9.69 Å². The quantitative estimate of drug-likeness (QED) is 0.772. The van der Waals surface area contributed by atoms with Crippen molar-refractivity contribution in [3.8, 4) is 5.75 Å². The number of nitrogens with zero attached hydrogens (tertiary/aromatic N) is 3. The van der Waals surface area contributed by atoms with Crippen LogP contribution in [0.25, 0.3) is 0 Å². The van der Waals surface area contributed by atoms with Gasteiger partial charge in [0.05, 0.1) is 20.3 Å². The Kier molecular flexibility index (Phi) is 6.34. The Morgan fingerprint density at radius 1 is 1.23 bits per heavy atom. The fourth-order valence-electron chi connectivity index (χ4n) is 2.59. The average molecular weight is 357 g/mol. The summed E-state index contributed by atoms with van der Waals surface area (Å²) in [5.41, 5.74) is 1.15. The molecule has 1 fully saturated rings. The van der Waals surface area contributed by atoms with E-state index in [0.29, 0.717) is 18.2 Å². The van der Waals surface area contributed by atoms with Gasteiger partial charge in [0.15, 0.2) is 0 Å². The zero-order valence-electron chi connectivity index (χ0n) is 14.8. The van der Waals surface area contributed by atoms with E-state index >= 15 is 0 Å². The van der Waals surface area contributed by atoms with E-state index in [1.807, 2.05) is 24.3 Å². The van der Waals surface area contributed by atoms with Crippen molar-refractivity contribution in [3.05, 3.63) is 42.2 Å². The van der Waals surface area contributed by atoms with Gasteiger partial charge in [-0.1, -0.05) is 0 Å². The van der Waals surface area contributed by atoms with Crippen LogP contribution in [-0.2, 0) is 4.74 Å². The molecule has 0 saturated carbocycles. The van der Waals surface area contributed by atoms with Crippen molar-refractivity contribution in [2.45, 2.75) is 0 Å². The van der Waals surface area contributed by atoms with E-state index in [0.717, 1.165) is 44.3 Å². The van der Waals surface area contributed by atoms with Gasteiger partial charge in [0.25, 0.3) is 5.91 Å². The molecule has 2 heterocycles. The van der Waals surface area contributed by atoms with Gasteiger partial charge in [-0.15, -0.1) is 0 Å². The van der Waals surface area contributed by atoms with Crippen LogP contribution in [0.2, 0.25) is 0 Å². The molecule has 1 aromatic heterocycles. The van der Waals surface area contributed by atoms with Crippen LogP contribution in [0.1, 0.15) is 10.5 Å². The lowest BCUT2D eigenvalue weighted by molar-refractivity contribution is 0.0383. The van der Waals surface area contributed by atoms with Crippen LogP contribution in [0.5, 0.6) is 5.75 Å². The SMILES string of the molecule is COc1ccc(Nc2nccc(C(=O)NCCN3CCOCC3)n2)cc1. The Hall–Kier alpha value is -2.71. The van der Waals surface area contributed by atoms with Gasteiger partial charge in [0.2, 0.25) is 5.95 Å². The summed E-state index contributed by atoms with van der Waals surface area (Å²) in [6, 6.07) is 8.99. The Labute approximate surface area is 152 Å². The van der Waals surface area contributed by atoms with Crippen molar-refractivity contribution >= 4 is 17.5 Å². The van der Waals surface area contributed by atoms with Crippen molar-refractivity contribution in [1.29, 1.82) is 0 Å². The molecule has 0 radical (unpaired) electrons. The minimum Gasteiger partial charge on any atom is -0.497 e. The molecule has 138 valence electrons. The van der Waals surface area contributed by atoms with E-state index in [1.165, 1.54) is 0 Å². The molecule has 1 amide bonds. The van der Waals surface area contributed by atoms with Crippen molar-refractivity contribution in [2.75, 3.05) is 51.8 Å². The van der Waals surface area contributed by atoms with Gasteiger partial charge < -0.3 is 20.1 Å². The largest absolute Gasteiger partial charge is 0.497 e. The predicted molar refractivity (Wildman–Crippen MR) is 97.9 cm³/mol. The summed E-state index contributed by atoms with van der Waals surface area (Å²) in [7, 11) is 1.62. The standard InChI is InChI=1S/C18H23N5O3/c1-25-15-4-2-14(3-5-15)21-18-20-7-6-16(22-18)17(24)19-8-9-23-10-12-26-13-11-23/h2-7H,8-13H2,1H3,(H,19,24)(H,20,21,22). The number of anilines is 2. The molecule has 26 heavy (non-hydrogen) atoms. The molecule has 1 aromatic carbocycles. The van der Waals surface area contributed by atoms with Gasteiger partial charge in [-0.2, -0.15) is 0 Å². The molecule has 0 spiro atoms. The minimum atomic E-state index is -0.210. The third-order valence-electron chi connectivity index (χ3n) is 4.05. The lowest BCUT2D eigenvalue weighted by Gasteiger charge is -2.26. The number of morpholine rings is 1. The molecule has 0 aliphatic carbocycles. The number of methoxy groups -OCH3 is 1. The topological polar surface area (TPSA) is 88.6 Å². The zero-order chi connectivity index (χ0) is 18.2. The smallest absolute Gasteiger partial charge is 0.270 e. The van der Waals surface area contributed by atoms with E-state index in [-0.39, 0.29) is 5.91 Å². The molecule has 8 heteroatoms. The van der Waals surface area contributed by atoms with Crippen LogP contribution < -0.4 is 15.4 Å². The van der Waals surface area contributed by atoms with Crippen LogP contribution in [0.4, 0.5) is 11.6 Å². The summed E-state index contributed by atoms with van der Waals surface area (Å²) in [6.07, 6.45) is 1.57. The number of carbonyl (C=O) groups excluding carboxylic acids is 1. The van der Waals surface area contributed by atoms with Gasteiger partial charge >= 0.3 is 0 Å². The first-order valence-corrected chi connectivity index (χ1v) is 8.57. The van der Waals surface area contributed by atoms with Gasteiger partial charge in [0, 0.05) is 38.1 Å². The second-order valence-electron chi connectivity index (χ2n) is 5.83. The molecule has 0 unspecified atom stereocenters. The Balaban J connectivity index is 1.52. The third kappa shape index (κ3) is 5.14. The number of amides is 1. The predicted octanol–water partition coefficient (Wildman–Crippen LogP) is 1.29. The summed E-state index contributed by atoms with van der Waals surface area (Å²) in [4.78, 5) is 23.0. The summed E-state index contributed by atoms with van der Waals surface area (Å²) in [6.45, 7) is 4.68. The first-order chi connectivity index (χ1) is 12.7. The highest BCUT2D eigenvalue weighted by Gasteiger charge is 2.12. The molecular formula is C18H23N5O3. The maximum Gasteiger partial charge on any atom is 0.270 e. The molecule has 1 aliphatic heterocycles. The van der Waals surface area contributed by atoms with Gasteiger partial charge in [-0.25, -0.2) is 9.97 Å². The summed E-state index contributed by atoms with van der Waals surface area (Å²) >= 11 is 0. The number of aromatic nitrogens is 2. The number of hydrogen-bond donors (Lipinski definition) is 2. The average Bonchev–Trinajstić information content (AvgIpc) is 2.69. The highest BCUT2D eigenvalue weighted by atomic mass is 16.5. The number of benzene rings is 1. The number of rotatable bonds is 7. The fourth-order valence-corrected chi connectivity index (χ4v) is 2.59. The molecule has 2 aromatic rings. The first kappa shape index (κ1) is 18.1. The summed E-state index contributed by atoms with van der Waals surface area (Å²) in [5.74, 6) is 0.930. The third-order valence-corrected chi connectivity index (χ3v) is 4.05. The lowest BCUT2D eigenvalue weighted by atomic mass is 10.3. The molecule has 1 saturated heterocycles. The Bertz CT molecular complexity index is 717. The summed E-state index contributed by atoms with van der Waals surface area (Å²) in [5, 5.41) is 5.97. The zero-order valence-corrected chi connectivity index (χ0v) is 14.8. The second kappa shape index (κ2) is 9.12. The Morgan fingerprint density at radius 2 is 2.00 bits per heavy atom. The molecule has 0 bridgehead atoms. The lowest BCUT2D eigenvalue weighted by Crippen LogP contribution is -2.41. The molecule has 2 N–H and O–H groups in total. The maximum atomic E-state index is 12.3. The number of nitrogens with one attached hydrogen (secondary N) is 2. The van der Waals surface area contributed by atoms with Crippen LogP contribution in [0.15, 0.2) is 36.5 Å². The van der Waals surface area contributed by atoms with E-state index < -0.39 is 0 Å². The highest BCUT2D eigenvalue weighted by Crippen LogP contribution is 2.17. The van der Waals surface area contributed by atoms with Crippen LogP contribution >= 0.6 is 0 Å². The van der Waals surface area contributed by atoms with Crippen LogP contribution in [-0.4, -0.2) is 67.3 Å². The number of carbonyl (C=O) groups is 1. The van der Waals surface area contributed by atoms with Crippen molar-refractivity contribution in [3.63, 3.8) is 0 Å². The fraction of sp³-hybridized carbons (Fsp3) is 0.389. The van der Waals surface area contributed by atoms with Crippen molar-refractivity contribution < 1.29 is 14.3 Å². The summed E-state index contributed by atoms with van der Waals surface area (Å²) < 4.78 is 10.4. The van der Waals surface area contributed by atoms with Crippen molar-refractivity contribution in [1.82, 2.24) is 20.2 Å². The molecule has 8 nitrogen and oxygen atoms in total. The first-order valence-electron chi connectivity index (χ1n) is 8.57. The normalized spacial score (nSPS) is 14.7. The van der Waals surface area contributed by atoms with E-state index in [1.54, 1.807) is 19.4 Å². The maximum absolute atomic E-state index is 12.3.